The number of hydrogen-bond donors (Lipinski definition) is 0. The van der Waals surface area contributed by atoms with Gasteiger partial charge in [-0.3, -0.25) is 0 Å². The topological polar surface area (TPSA) is 25.8 Å². The molecule has 0 amide bonds. The van der Waals surface area contributed by atoms with E-state index in [9.17, 15) is 4.39 Å². The molecule has 19 heavy (non-hydrogen) atoms. The fourth-order valence-corrected chi connectivity index (χ4v) is 2.16. The van der Waals surface area contributed by atoms with Gasteiger partial charge in [-0.2, -0.15) is 0 Å². The highest BCUT2D eigenvalue weighted by molar-refractivity contribution is 5.69. The Hall–Kier alpha value is -2.03. The molecule has 0 atom stereocenters. The SMILES string of the molecule is Cc1cncnc1/C=C/c1cccc(C2CC2)c1F. The quantitative estimate of drug-likeness (QED) is 0.828. The summed E-state index contributed by atoms with van der Waals surface area (Å²) in [5.41, 5.74) is 3.28. The van der Waals surface area contributed by atoms with Gasteiger partial charge in [-0.1, -0.05) is 18.2 Å². The first-order chi connectivity index (χ1) is 9.25. The van der Waals surface area contributed by atoms with Gasteiger partial charge in [0.05, 0.1) is 5.69 Å². The summed E-state index contributed by atoms with van der Waals surface area (Å²) in [6, 6.07) is 5.61. The highest BCUT2D eigenvalue weighted by Gasteiger charge is 2.26. The van der Waals surface area contributed by atoms with Crippen LogP contribution in [0.3, 0.4) is 0 Å². The van der Waals surface area contributed by atoms with Crippen molar-refractivity contribution in [1.29, 1.82) is 0 Å². The third-order valence-corrected chi connectivity index (χ3v) is 3.43. The zero-order valence-corrected chi connectivity index (χ0v) is 10.8. The van der Waals surface area contributed by atoms with Crippen LogP contribution in [0.2, 0.25) is 0 Å². The lowest BCUT2D eigenvalue weighted by atomic mass is 10.0. The largest absolute Gasteiger partial charge is 0.245 e. The van der Waals surface area contributed by atoms with Gasteiger partial charge in [0.2, 0.25) is 0 Å². The van der Waals surface area contributed by atoms with E-state index in [1.807, 2.05) is 25.1 Å². The Labute approximate surface area is 112 Å². The van der Waals surface area contributed by atoms with Crippen molar-refractivity contribution in [2.75, 3.05) is 0 Å². The van der Waals surface area contributed by atoms with Crippen molar-refractivity contribution in [1.82, 2.24) is 9.97 Å². The molecule has 1 aliphatic rings. The van der Waals surface area contributed by atoms with Gasteiger partial charge in [-0.15, -0.1) is 0 Å². The van der Waals surface area contributed by atoms with Crippen molar-refractivity contribution in [3.05, 3.63) is 58.9 Å². The van der Waals surface area contributed by atoms with Crippen LogP contribution in [0.25, 0.3) is 12.2 Å². The maximum absolute atomic E-state index is 14.3. The first kappa shape index (κ1) is 12.0. The second kappa shape index (κ2) is 4.92. The van der Waals surface area contributed by atoms with E-state index in [-0.39, 0.29) is 5.82 Å². The zero-order chi connectivity index (χ0) is 13.2. The predicted octanol–water partition coefficient (Wildman–Crippen LogP) is 3.97. The van der Waals surface area contributed by atoms with Crippen LogP contribution in [0, 0.1) is 12.7 Å². The minimum absolute atomic E-state index is 0.0899. The minimum atomic E-state index is -0.0899. The Balaban J connectivity index is 1.91. The molecule has 3 rings (SSSR count). The summed E-state index contributed by atoms with van der Waals surface area (Å²) in [6.45, 7) is 1.94. The van der Waals surface area contributed by atoms with Crippen LogP contribution in [0.15, 0.2) is 30.7 Å². The fraction of sp³-hybridized carbons (Fsp3) is 0.250. The standard InChI is InChI=1S/C16H15FN2/c1-11-9-18-10-19-15(11)8-7-13-3-2-4-14(16(13)17)12-5-6-12/h2-4,7-10,12H,5-6H2,1H3/b8-7+. The summed E-state index contributed by atoms with van der Waals surface area (Å²) >= 11 is 0. The number of aromatic nitrogens is 2. The van der Waals surface area contributed by atoms with Crippen molar-refractivity contribution in [2.45, 2.75) is 25.7 Å². The highest BCUT2D eigenvalue weighted by Crippen LogP contribution is 2.41. The third-order valence-electron chi connectivity index (χ3n) is 3.43. The molecule has 0 aliphatic heterocycles. The summed E-state index contributed by atoms with van der Waals surface area (Å²) in [6.07, 6.45) is 9.10. The first-order valence-electron chi connectivity index (χ1n) is 6.49. The van der Waals surface area contributed by atoms with Crippen LogP contribution in [-0.2, 0) is 0 Å². The van der Waals surface area contributed by atoms with E-state index in [1.165, 1.54) is 6.33 Å². The number of aryl methyl sites for hydroxylation is 1. The molecule has 2 aromatic rings. The van der Waals surface area contributed by atoms with E-state index >= 15 is 0 Å². The molecule has 1 heterocycles. The van der Waals surface area contributed by atoms with E-state index in [2.05, 4.69) is 9.97 Å². The lowest BCUT2D eigenvalue weighted by molar-refractivity contribution is 0.608. The number of benzene rings is 1. The Morgan fingerprint density at radius 3 is 2.84 bits per heavy atom. The Kier molecular flexibility index (Phi) is 3.11. The molecular weight excluding hydrogens is 239 g/mol. The molecule has 3 heteroatoms. The molecule has 2 nitrogen and oxygen atoms in total. The minimum Gasteiger partial charge on any atom is -0.245 e. The normalized spacial score (nSPS) is 15.1. The molecule has 96 valence electrons. The van der Waals surface area contributed by atoms with Crippen LogP contribution in [0.1, 0.15) is 41.1 Å². The summed E-state index contributed by atoms with van der Waals surface area (Å²) in [4.78, 5) is 8.12. The third kappa shape index (κ3) is 2.55. The fourth-order valence-electron chi connectivity index (χ4n) is 2.16. The highest BCUT2D eigenvalue weighted by atomic mass is 19.1. The molecule has 1 aliphatic carbocycles. The van der Waals surface area contributed by atoms with Gasteiger partial charge in [0, 0.05) is 11.8 Å². The van der Waals surface area contributed by atoms with E-state index < -0.39 is 0 Å². The lowest BCUT2D eigenvalue weighted by Crippen LogP contribution is -1.91. The van der Waals surface area contributed by atoms with E-state index in [0.29, 0.717) is 11.5 Å². The lowest BCUT2D eigenvalue weighted by Gasteiger charge is -2.04. The van der Waals surface area contributed by atoms with Gasteiger partial charge in [0.15, 0.2) is 0 Å². The molecule has 0 unspecified atom stereocenters. The van der Waals surface area contributed by atoms with Crippen molar-refractivity contribution >= 4 is 12.2 Å². The van der Waals surface area contributed by atoms with Crippen molar-refractivity contribution < 1.29 is 4.39 Å². The monoisotopic (exact) mass is 254 g/mol. The van der Waals surface area contributed by atoms with Crippen LogP contribution in [-0.4, -0.2) is 9.97 Å². The molecular formula is C16H15FN2. The zero-order valence-electron chi connectivity index (χ0n) is 10.8. The molecule has 0 N–H and O–H groups in total. The number of nitrogens with zero attached hydrogens (tertiary/aromatic N) is 2. The van der Waals surface area contributed by atoms with Gasteiger partial charge in [0.1, 0.15) is 12.1 Å². The van der Waals surface area contributed by atoms with E-state index in [0.717, 1.165) is 29.7 Å². The van der Waals surface area contributed by atoms with Gasteiger partial charge < -0.3 is 0 Å². The average Bonchev–Trinajstić information content (AvgIpc) is 3.24. The number of rotatable bonds is 3. The summed E-state index contributed by atoms with van der Waals surface area (Å²) in [5, 5.41) is 0. The van der Waals surface area contributed by atoms with E-state index in [1.54, 1.807) is 18.3 Å². The summed E-state index contributed by atoms with van der Waals surface area (Å²) in [7, 11) is 0. The average molecular weight is 254 g/mol. The predicted molar refractivity (Wildman–Crippen MR) is 74.1 cm³/mol. The summed E-state index contributed by atoms with van der Waals surface area (Å²) < 4.78 is 14.3. The molecule has 1 saturated carbocycles. The molecule has 0 bridgehead atoms. The Morgan fingerprint density at radius 1 is 1.26 bits per heavy atom. The maximum Gasteiger partial charge on any atom is 0.133 e. The molecule has 0 radical (unpaired) electrons. The van der Waals surface area contributed by atoms with Crippen molar-refractivity contribution in [3.63, 3.8) is 0 Å². The van der Waals surface area contributed by atoms with Crippen LogP contribution >= 0.6 is 0 Å². The van der Waals surface area contributed by atoms with Crippen LogP contribution in [0.5, 0.6) is 0 Å². The van der Waals surface area contributed by atoms with Crippen LogP contribution in [0.4, 0.5) is 4.39 Å². The molecule has 0 spiro atoms. The molecule has 1 aromatic carbocycles. The van der Waals surface area contributed by atoms with Crippen molar-refractivity contribution in [3.8, 4) is 0 Å². The van der Waals surface area contributed by atoms with Gasteiger partial charge in [-0.25, -0.2) is 14.4 Å². The molecule has 1 aromatic heterocycles. The maximum atomic E-state index is 14.3. The summed E-state index contributed by atoms with van der Waals surface area (Å²) in [5.74, 6) is 0.335. The second-order valence-electron chi connectivity index (χ2n) is 4.95. The van der Waals surface area contributed by atoms with Gasteiger partial charge >= 0.3 is 0 Å². The van der Waals surface area contributed by atoms with Gasteiger partial charge in [0.25, 0.3) is 0 Å². The van der Waals surface area contributed by atoms with E-state index in [4.69, 9.17) is 0 Å². The molecule has 0 saturated heterocycles. The van der Waals surface area contributed by atoms with Crippen LogP contribution < -0.4 is 0 Å². The number of hydrogen-bond acceptors (Lipinski definition) is 2. The molecule has 1 fully saturated rings. The van der Waals surface area contributed by atoms with Gasteiger partial charge in [-0.05, 0) is 49.0 Å². The Bertz CT molecular complexity index is 630. The number of halogens is 1. The Morgan fingerprint density at radius 2 is 2.11 bits per heavy atom. The second-order valence-corrected chi connectivity index (χ2v) is 4.95. The smallest absolute Gasteiger partial charge is 0.133 e. The van der Waals surface area contributed by atoms with Crippen molar-refractivity contribution in [2.24, 2.45) is 0 Å². The first-order valence-corrected chi connectivity index (χ1v) is 6.49.